The van der Waals surface area contributed by atoms with Crippen LogP contribution in [-0.2, 0) is 19.3 Å². The minimum Gasteiger partial charge on any atom is -0.305 e. The van der Waals surface area contributed by atoms with Gasteiger partial charge < -0.3 is 10.2 Å². The largest absolute Gasteiger partial charge is 0.305 e. The van der Waals surface area contributed by atoms with Crippen molar-refractivity contribution in [2.75, 3.05) is 11.4 Å². The van der Waals surface area contributed by atoms with E-state index in [1.807, 2.05) is 12.1 Å². The van der Waals surface area contributed by atoms with Gasteiger partial charge in [0.15, 0.2) is 5.17 Å². The summed E-state index contributed by atoms with van der Waals surface area (Å²) < 4.78 is 0.774. The number of thioether (sulfide) groups is 1. The molecule has 2 aliphatic heterocycles. The summed E-state index contributed by atoms with van der Waals surface area (Å²) in [6, 6.07) is 5.44. The zero-order chi connectivity index (χ0) is 18.4. The molecule has 2 aliphatic rings. The second-order valence-electron chi connectivity index (χ2n) is 5.53. The standard InChI is InChI=1S/C16H15BrN4O3S/c1-4-7-20-13-6-5-11(17)8-12(13)16(14(20)24)21(10(3)23)19-15(25-16)18-9(2)22/h4-6,8H,1,7H2,2-3H3,(H,18,19,22). The van der Waals surface area contributed by atoms with Crippen molar-refractivity contribution in [2.24, 2.45) is 5.10 Å². The van der Waals surface area contributed by atoms with Crippen molar-refractivity contribution in [3.63, 3.8) is 0 Å². The van der Waals surface area contributed by atoms with Gasteiger partial charge in [-0.15, -0.1) is 11.7 Å². The van der Waals surface area contributed by atoms with Crippen LogP contribution >= 0.6 is 27.7 Å². The van der Waals surface area contributed by atoms with Crippen molar-refractivity contribution >= 4 is 56.3 Å². The van der Waals surface area contributed by atoms with Gasteiger partial charge in [-0.25, -0.2) is 0 Å². The lowest BCUT2D eigenvalue weighted by molar-refractivity contribution is -0.139. The van der Waals surface area contributed by atoms with Crippen LogP contribution in [0.25, 0.3) is 0 Å². The topological polar surface area (TPSA) is 82.1 Å². The van der Waals surface area contributed by atoms with Gasteiger partial charge in [0.1, 0.15) is 0 Å². The molecule has 1 aromatic rings. The minimum absolute atomic E-state index is 0.211. The second kappa shape index (κ2) is 6.30. The summed E-state index contributed by atoms with van der Waals surface area (Å²) in [5.74, 6) is -1.02. The quantitative estimate of drug-likeness (QED) is 0.740. The highest BCUT2D eigenvalue weighted by atomic mass is 79.9. The van der Waals surface area contributed by atoms with Gasteiger partial charge in [0.05, 0.1) is 5.69 Å². The van der Waals surface area contributed by atoms with Gasteiger partial charge in [0, 0.05) is 30.4 Å². The molecule has 1 spiro atoms. The van der Waals surface area contributed by atoms with Crippen LogP contribution in [0.1, 0.15) is 19.4 Å². The van der Waals surface area contributed by atoms with E-state index in [1.165, 1.54) is 13.8 Å². The fraction of sp³-hybridized carbons (Fsp3) is 0.250. The number of hydrazone groups is 1. The van der Waals surface area contributed by atoms with Gasteiger partial charge in [-0.1, -0.05) is 22.0 Å². The molecule has 0 saturated carbocycles. The summed E-state index contributed by atoms with van der Waals surface area (Å²) in [6.45, 7) is 6.68. The predicted molar refractivity (Wildman–Crippen MR) is 99.7 cm³/mol. The number of benzene rings is 1. The zero-order valence-electron chi connectivity index (χ0n) is 13.6. The average Bonchev–Trinajstić information content (AvgIpc) is 3.00. The molecule has 0 aliphatic carbocycles. The van der Waals surface area contributed by atoms with Crippen molar-refractivity contribution in [3.8, 4) is 0 Å². The van der Waals surface area contributed by atoms with Crippen LogP contribution in [0.15, 0.2) is 40.4 Å². The Kier molecular flexibility index (Phi) is 4.46. The summed E-state index contributed by atoms with van der Waals surface area (Å²) in [5, 5.41) is 8.10. The normalized spacial score (nSPS) is 21.4. The van der Waals surface area contributed by atoms with E-state index >= 15 is 0 Å². The number of carbonyl (C=O) groups is 3. The van der Waals surface area contributed by atoms with Crippen LogP contribution in [0.5, 0.6) is 0 Å². The van der Waals surface area contributed by atoms with Crippen molar-refractivity contribution in [1.29, 1.82) is 0 Å². The molecule has 3 rings (SSSR count). The molecule has 2 heterocycles. The maximum Gasteiger partial charge on any atom is 0.271 e. The molecule has 0 fully saturated rings. The number of fused-ring (bicyclic) bond motifs is 2. The summed E-state index contributed by atoms with van der Waals surface area (Å²) >= 11 is 4.47. The number of amides is 3. The Bertz CT molecular complexity index is 841. The van der Waals surface area contributed by atoms with Crippen LogP contribution in [-0.4, -0.2) is 34.4 Å². The van der Waals surface area contributed by atoms with Gasteiger partial charge in [-0.05, 0) is 30.0 Å². The van der Waals surface area contributed by atoms with Crippen LogP contribution in [0, 0.1) is 0 Å². The van der Waals surface area contributed by atoms with Crippen LogP contribution in [0.2, 0.25) is 0 Å². The molecule has 9 heteroatoms. The SMILES string of the molecule is C=CCN1C(=O)C2(SC(NC(C)=O)=NN2C(C)=O)c2cc(Br)ccc21. The van der Waals surface area contributed by atoms with Crippen molar-refractivity contribution in [2.45, 2.75) is 18.7 Å². The third kappa shape index (κ3) is 2.67. The highest BCUT2D eigenvalue weighted by Gasteiger charge is 2.61. The first kappa shape index (κ1) is 17.7. The number of amidine groups is 1. The molecule has 7 nitrogen and oxygen atoms in total. The Hall–Kier alpha value is -2.13. The first-order chi connectivity index (χ1) is 11.8. The van der Waals surface area contributed by atoms with Crippen LogP contribution in [0.4, 0.5) is 5.69 Å². The number of nitrogens with zero attached hydrogens (tertiary/aromatic N) is 3. The molecule has 1 aromatic carbocycles. The average molecular weight is 423 g/mol. The van der Waals surface area contributed by atoms with Gasteiger partial charge in [0.2, 0.25) is 16.7 Å². The lowest BCUT2D eigenvalue weighted by Gasteiger charge is -2.29. The highest BCUT2D eigenvalue weighted by Crippen LogP contribution is 2.54. The van der Waals surface area contributed by atoms with Gasteiger partial charge in [-0.2, -0.15) is 5.01 Å². The molecular weight excluding hydrogens is 408 g/mol. The molecule has 3 amide bonds. The number of halogens is 1. The third-order valence-electron chi connectivity index (χ3n) is 3.78. The molecule has 25 heavy (non-hydrogen) atoms. The predicted octanol–water partition coefficient (Wildman–Crippen LogP) is 2.14. The zero-order valence-corrected chi connectivity index (χ0v) is 16.0. The van der Waals surface area contributed by atoms with E-state index in [0.29, 0.717) is 17.8 Å². The Labute approximate surface area is 157 Å². The maximum atomic E-state index is 13.3. The molecule has 1 unspecified atom stereocenters. The first-order valence-electron chi connectivity index (χ1n) is 7.40. The molecule has 0 bridgehead atoms. The maximum absolute atomic E-state index is 13.3. The van der Waals surface area contributed by atoms with E-state index in [9.17, 15) is 14.4 Å². The number of rotatable bonds is 2. The summed E-state index contributed by atoms with van der Waals surface area (Å²) in [5.41, 5.74) is 1.32. The molecule has 1 N–H and O–H groups in total. The fourth-order valence-electron chi connectivity index (χ4n) is 2.89. The number of hydrogen-bond acceptors (Lipinski definition) is 5. The Morgan fingerprint density at radius 1 is 1.44 bits per heavy atom. The summed E-state index contributed by atoms with van der Waals surface area (Å²) in [6.07, 6.45) is 1.62. The highest BCUT2D eigenvalue weighted by molar-refractivity contribution is 9.10. The van der Waals surface area contributed by atoms with E-state index in [2.05, 4.69) is 32.9 Å². The molecule has 1 atom stereocenters. The van der Waals surface area contributed by atoms with E-state index in [0.717, 1.165) is 21.2 Å². The Morgan fingerprint density at radius 3 is 2.76 bits per heavy atom. The van der Waals surface area contributed by atoms with E-state index in [1.54, 1.807) is 17.0 Å². The Morgan fingerprint density at radius 2 is 2.16 bits per heavy atom. The van der Waals surface area contributed by atoms with E-state index in [-0.39, 0.29) is 17.0 Å². The first-order valence-corrected chi connectivity index (χ1v) is 9.01. The van der Waals surface area contributed by atoms with Gasteiger partial charge in [0.25, 0.3) is 5.91 Å². The number of anilines is 1. The lowest BCUT2D eigenvalue weighted by atomic mass is 10.1. The summed E-state index contributed by atoms with van der Waals surface area (Å²) in [7, 11) is 0. The monoisotopic (exact) mass is 422 g/mol. The summed E-state index contributed by atoms with van der Waals surface area (Å²) in [4.78, 5) is 37.1. The van der Waals surface area contributed by atoms with E-state index < -0.39 is 10.8 Å². The van der Waals surface area contributed by atoms with E-state index in [4.69, 9.17) is 0 Å². The lowest BCUT2D eigenvalue weighted by Crippen LogP contribution is -2.48. The molecule has 0 saturated heterocycles. The molecule has 130 valence electrons. The molecule has 0 radical (unpaired) electrons. The second-order valence-corrected chi connectivity index (χ2v) is 7.63. The molecule has 0 aromatic heterocycles. The van der Waals surface area contributed by atoms with Crippen molar-refractivity contribution < 1.29 is 14.4 Å². The van der Waals surface area contributed by atoms with Crippen molar-refractivity contribution in [3.05, 3.63) is 40.9 Å². The number of nitrogens with one attached hydrogen (secondary N) is 1. The fourth-order valence-corrected chi connectivity index (χ4v) is 4.58. The number of carbonyl (C=O) groups excluding carboxylic acids is 3. The smallest absolute Gasteiger partial charge is 0.271 e. The van der Waals surface area contributed by atoms with Gasteiger partial charge >= 0.3 is 0 Å². The minimum atomic E-state index is -1.37. The van der Waals surface area contributed by atoms with Crippen molar-refractivity contribution in [1.82, 2.24) is 10.3 Å². The van der Waals surface area contributed by atoms with Crippen LogP contribution in [0.3, 0.4) is 0 Å². The van der Waals surface area contributed by atoms with Gasteiger partial charge in [-0.3, -0.25) is 14.4 Å². The third-order valence-corrected chi connectivity index (χ3v) is 5.51. The molecular formula is C16H15BrN4O3S. The van der Waals surface area contributed by atoms with Crippen LogP contribution < -0.4 is 10.2 Å². The number of hydrogen-bond donors (Lipinski definition) is 1. The Balaban J connectivity index is 2.18.